The van der Waals surface area contributed by atoms with Gasteiger partial charge in [-0.05, 0) is 12.5 Å². The quantitative estimate of drug-likeness (QED) is 0.637. The van der Waals surface area contributed by atoms with E-state index in [1.807, 2.05) is 30.3 Å². The van der Waals surface area contributed by atoms with E-state index in [0.29, 0.717) is 6.54 Å². The summed E-state index contributed by atoms with van der Waals surface area (Å²) in [4.78, 5) is 23.6. The lowest BCUT2D eigenvalue weighted by molar-refractivity contribution is -0.129. The van der Waals surface area contributed by atoms with Gasteiger partial charge in [0.1, 0.15) is 6.04 Å². The van der Waals surface area contributed by atoms with Crippen molar-refractivity contribution in [2.45, 2.75) is 32.0 Å². The first-order chi connectivity index (χ1) is 10.1. The number of nitrogens with one attached hydrogen (secondary N) is 2. The van der Waals surface area contributed by atoms with Gasteiger partial charge in [0.05, 0.1) is 12.5 Å². The van der Waals surface area contributed by atoms with Crippen molar-refractivity contribution in [3.63, 3.8) is 0 Å². The second kappa shape index (κ2) is 9.10. The Balaban J connectivity index is 2.35. The van der Waals surface area contributed by atoms with Crippen molar-refractivity contribution in [2.24, 2.45) is 5.73 Å². The van der Waals surface area contributed by atoms with Crippen LogP contribution in [0.2, 0.25) is 0 Å². The Hall–Kier alpha value is -1.92. The summed E-state index contributed by atoms with van der Waals surface area (Å²) in [7, 11) is 1.50. The van der Waals surface area contributed by atoms with Gasteiger partial charge in [-0.15, -0.1) is 0 Å². The number of rotatable bonds is 8. The molecule has 0 radical (unpaired) electrons. The van der Waals surface area contributed by atoms with E-state index in [9.17, 15) is 9.59 Å². The van der Waals surface area contributed by atoms with Crippen molar-refractivity contribution >= 4 is 11.8 Å². The summed E-state index contributed by atoms with van der Waals surface area (Å²) in [6.07, 6.45) is -0.187. The monoisotopic (exact) mass is 293 g/mol. The van der Waals surface area contributed by atoms with Crippen LogP contribution in [0.5, 0.6) is 0 Å². The number of benzene rings is 1. The molecule has 0 aliphatic heterocycles. The maximum atomic E-state index is 11.9. The fourth-order valence-electron chi connectivity index (χ4n) is 1.77. The minimum atomic E-state index is -0.600. The summed E-state index contributed by atoms with van der Waals surface area (Å²) in [5.41, 5.74) is 6.46. The molecule has 6 nitrogen and oxygen atoms in total. The summed E-state index contributed by atoms with van der Waals surface area (Å²) in [6.45, 7) is 2.34. The Kier molecular flexibility index (Phi) is 7.42. The van der Waals surface area contributed by atoms with E-state index in [4.69, 9.17) is 10.5 Å². The lowest BCUT2D eigenvalue weighted by Crippen LogP contribution is -2.45. The van der Waals surface area contributed by atoms with Crippen LogP contribution < -0.4 is 16.4 Å². The largest absolute Gasteiger partial charge is 0.380 e. The Morgan fingerprint density at radius 1 is 1.29 bits per heavy atom. The summed E-state index contributed by atoms with van der Waals surface area (Å²) >= 11 is 0. The Bertz CT molecular complexity index is 447. The summed E-state index contributed by atoms with van der Waals surface area (Å²) in [5.74, 6) is -0.483. The number of amides is 2. The topological polar surface area (TPSA) is 93.4 Å². The van der Waals surface area contributed by atoms with Crippen LogP contribution >= 0.6 is 0 Å². The van der Waals surface area contributed by atoms with Crippen molar-refractivity contribution in [3.8, 4) is 0 Å². The molecule has 0 saturated heterocycles. The third kappa shape index (κ3) is 6.37. The van der Waals surface area contributed by atoms with Gasteiger partial charge in [-0.25, -0.2) is 0 Å². The first-order valence-electron chi connectivity index (χ1n) is 6.90. The zero-order valence-corrected chi connectivity index (χ0v) is 12.5. The number of methoxy groups -OCH3 is 1. The van der Waals surface area contributed by atoms with Crippen LogP contribution in [0.1, 0.15) is 18.9 Å². The lowest BCUT2D eigenvalue weighted by atomic mass is 10.2. The number of carbonyl (C=O) groups excluding carboxylic acids is 2. The normalized spacial score (nSPS) is 13.3. The van der Waals surface area contributed by atoms with E-state index >= 15 is 0 Å². The number of ether oxygens (including phenoxy) is 1. The fourth-order valence-corrected chi connectivity index (χ4v) is 1.77. The maximum absolute atomic E-state index is 11.9. The number of hydrogen-bond acceptors (Lipinski definition) is 4. The zero-order valence-electron chi connectivity index (χ0n) is 12.5. The van der Waals surface area contributed by atoms with Crippen LogP contribution in [0.4, 0.5) is 0 Å². The molecule has 1 rings (SSSR count). The number of carbonyl (C=O) groups is 2. The van der Waals surface area contributed by atoms with E-state index < -0.39 is 6.04 Å². The summed E-state index contributed by atoms with van der Waals surface area (Å²) in [5, 5.41) is 5.40. The smallest absolute Gasteiger partial charge is 0.242 e. The molecule has 1 aromatic rings. The minimum Gasteiger partial charge on any atom is -0.380 e. The van der Waals surface area contributed by atoms with Crippen LogP contribution in [0, 0.1) is 0 Å². The van der Waals surface area contributed by atoms with Gasteiger partial charge in [0.15, 0.2) is 0 Å². The van der Waals surface area contributed by atoms with Gasteiger partial charge in [-0.1, -0.05) is 30.3 Å². The van der Waals surface area contributed by atoms with Crippen molar-refractivity contribution in [1.29, 1.82) is 0 Å². The molecule has 2 unspecified atom stereocenters. The first kappa shape index (κ1) is 17.1. The average Bonchev–Trinajstić information content (AvgIpc) is 2.51. The van der Waals surface area contributed by atoms with Gasteiger partial charge in [0, 0.05) is 20.2 Å². The van der Waals surface area contributed by atoms with E-state index in [-0.39, 0.29) is 30.9 Å². The minimum absolute atomic E-state index is 0.142. The predicted molar refractivity (Wildman–Crippen MR) is 80.4 cm³/mol. The zero-order chi connectivity index (χ0) is 15.7. The standard InChI is InChI=1S/C15H23N3O3/c1-11(18-14(19)8-13(9-16)21-2)15(20)17-10-12-6-4-3-5-7-12/h3-7,11,13H,8-10,16H2,1-2H3,(H,17,20)(H,18,19). The van der Waals surface area contributed by atoms with Crippen molar-refractivity contribution < 1.29 is 14.3 Å². The van der Waals surface area contributed by atoms with Crippen LogP contribution in [-0.2, 0) is 20.9 Å². The molecule has 1 aromatic carbocycles. The van der Waals surface area contributed by atoms with Gasteiger partial charge in [-0.2, -0.15) is 0 Å². The Morgan fingerprint density at radius 2 is 1.95 bits per heavy atom. The van der Waals surface area contributed by atoms with Crippen molar-refractivity contribution in [3.05, 3.63) is 35.9 Å². The fraction of sp³-hybridized carbons (Fsp3) is 0.467. The molecule has 0 saturated carbocycles. The molecule has 21 heavy (non-hydrogen) atoms. The third-order valence-electron chi connectivity index (χ3n) is 3.09. The molecule has 0 bridgehead atoms. The lowest BCUT2D eigenvalue weighted by Gasteiger charge is -2.16. The van der Waals surface area contributed by atoms with Crippen LogP contribution in [0.3, 0.4) is 0 Å². The molecule has 0 aromatic heterocycles. The van der Waals surface area contributed by atoms with E-state index in [2.05, 4.69) is 10.6 Å². The highest BCUT2D eigenvalue weighted by atomic mass is 16.5. The van der Waals surface area contributed by atoms with Gasteiger partial charge in [0.2, 0.25) is 11.8 Å². The molecule has 0 heterocycles. The molecule has 2 amide bonds. The maximum Gasteiger partial charge on any atom is 0.242 e. The summed E-state index contributed by atoms with van der Waals surface area (Å²) < 4.78 is 5.03. The van der Waals surface area contributed by atoms with E-state index in [1.165, 1.54) is 7.11 Å². The first-order valence-corrected chi connectivity index (χ1v) is 6.90. The molecule has 0 spiro atoms. The molecular formula is C15H23N3O3. The highest BCUT2D eigenvalue weighted by Gasteiger charge is 2.17. The number of hydrogen-bond donors (Lipinski definition) is 3. The SMILES string of the molecule is COC(CN)CC(=O)NC(C)C(=O)NCc1ccccc1. The highest BCUT2D eigenvalue weighted by Crippen LogP contribution is 1.98. The van der Waals surface area contributed by atoms with Crippen LogP contribution in [0.15, 0.2) is 30.3 Å². The Morgan fingerprint density at radius 3 is 2.52 bits per heavy atom. The van der Waals surface area contributed by atoms with Gasteiger partial charge < -0.3 is 21.1 Å². The average molecular weight is 293 g/mol. The van der Waals surface area contributed by atoms with Gasteiger partial charge in [0.25, 0.3) is 0 Å². The molecule has 0 aliphatic carbocycles. The van der Waals surface area contributed by atoms with Crippen molar-refractivity contribution in [2.75, 3.05) is 13.7 Å². The predicted octanol–water partition coefficient (Wildman–Crippen LogP) is 0.171. The van der Waals surface area contributed by atoms with E-state index in [1.54, 1.807) is 6.92 Å². The van der Waals surface area contributed by atoms with E-state index in [0.717, 1.165) is 5.56 Å². The number of nitrogens with two attached hydrogens (primary N) is 1. The second-order valence-electron chi connectivity index (χ2n) is 4.79. The molecule has 6 heteroatoms. The molecule has 0 fully saturated rings. The molecule has 4 N–H and O–H groups in total. The molecular weight excluding hydrogens is 270 g/mol. The van der Waals surface area contributed by atoms with Crippen LogP contribution in [-0.4, -0.2) is 37.6 Å². The molecule has 2 atom stereocenters. The van der Waals surface area contributed by atoms with Crippen LogP contribution in [0.25, 0.3) is 0 Å². The molecule has 0 aliphatic rings. The van der Waals surface area contributed by atoms with Gasteiger partial charge in [-0.3, -0.25) is 9.59 Å². The highest BCUT2D eigenvalue weighted by molar-refractivity contribution is 5.87. The summed E-state index contributed by atoms with van der Waals surface area (Å²) in [6, 6.07) is 8.98. The van der Waals surface area contributed by atoms with Gasteiger partial charge >= 0.3 is 0 Å². The second-order valence-corrected chi connectivity index (χ2v) is 4.79. The van der Waals surface area contributed by atoms with Crippen molar-refractivity contribution in [1.82, 2.24) is 10.6 Å². The molecule has 116 valence electrons. The third-order valence-corrected chi connectivity index (χ3v) is 3.09. The Labute approximate surface area is 125 Å².